The van der Waals surface area contributed by atoms with Crippen molar-refractivity contribution in [2.45, 2.75) is 18.9 Å². The van der Waals surface area contributed by atoms with Crippen molar-refractivity contribution in [2.24, 2.45) is 0 Å². The summed E-state index contributed by atoms with van der Waals surface area (Å²) in [6.45, 7) is 2.22. The molecule has 3 heterocycles. The summed E-state index contributed by atoms with van der Waals surface area (Å²) < 4.78 is 9.49. The molecule has 1 aliphatic carbocycles. The van der Waals surface area contributed by atoms with E-state index in [1.54, 1.807) is 0 Å². The summed E-state index contributed by atoms with van der Waals surface area (Å²) in [6, 6.07) is 61.5. The minimum Gasteiger partial charge on any atom is -0.482 e. The summed E-state index contributed by atoms with van der Waals surface area (Å²) in [4.78, 5) is 14.9. The summed E-state index contributed by atoms with van der Waals surface area (Å²) in [6.07, 6.45) is 5.24. The van der Waals surface area contributed by atoms with Crippen molar-refractivity contribution in [1.29, 1.82) is 0 Å². The van der Waals surface area contributed by atoms with Crippen LogP contribution in [0.2, 0.25) is 0 Å². The number of nitrogens with zero attached hydrogens (tertiary/aromatic N) is 4. The predicted molar refractivity (Wildman–Crippen MR) is 232 cm³/mol. The van der Waals surface area contributed by atoms with Crippen molar-refractivity contribution in [3.8, 4) is 62.2 Å². The van der Waals surface area contributed by atoms with Crippen LogP contribution in [0.15, 0.2) is 188 Å². The molecule has 0 N–H and O–H groups in total. The molecule has 0 bridgehead atoms. The van der Waals surface area contributed by atoms with Gasteiger partial charge in [0.2, 0.25) is 0 Å². The van der Waals surface area contributed by atoms with E-state index in [0.29, 0.717) is 23.9 Å². The molecule has 0 saturated carbocycles. The molecular formula is C52H36N4O. The molecule has 0 fully saturated rings. The van der Waals surface area contributed by atoms with Crippen molar-refractivity contribution >= 4 is 33.1 Å². The Bertz CT molecular complexity index is 2910. The van der Waals surface area contributed by atoms with Gasteiger partial charge < -0.3 is 9.30 Å². The van der Waals surface area contributed by atoms with E-state index in [9.17, 15) is 0 Å². The summed E-state index contributed by atoms with van der Waals surface area (Å²) >= 11 is 0. The molecule has 1 atom stereocenters. The Morgan fingerprint density at radius 1 is 0.456 bits per heavy atom. The number of ether oxygens (including phenoxy) is 1. The van der Waals surface area contributed by atoms with Crippen LogP contribution in [0.5, 0.6) is 5.75 Å². The molecule has 5 heteroatoms. The Morgan fingerprint density at radius 3 is 1.42 bits per heavy atom. The third-order valence-corrected chi connectivity index (χ3v) is 11.4. The molecule has 5 nitrogen and oxygen atoms in total. The van der Waals surface area contributed by atoms with Crippen molar-refractivity contribution in [3.05, 3.63) is 194 Å². The number of benzene rings is 7. The van der Waals surface area contributed by atoms with Gasteiger partial charge in [-0.3, -0.25) is 0 Å². The highest BCUT2D eigenvalue weighted by molar-refractivity contribution is 6.12. The van der Waals surface area contributed by atoms with Gasteiger partial charge in [0.1, 0.15) is 11.4 Å². The van der Waals surface area contributed by atoms with Crippen LogP contribution in [0.25, 0.3) is 89.5 Å². The van der Waals surface area contributed by atoms with E-state index in [-0.39, 0.29) is 0 Å². The van der Waals surface area contributed by atoms with Gasteiger partial charge in [-0.05, 0) is 53.5 Å². The van der Waals surface area contributed by atoms with Gasteiger partial charge in [0.25, 0.3) is 0 Å². The third-order valence-electron chi connectivity index (χ3n) is 11.4. The van der Waals surface area contributed by atoms with Gasteiger partial charge in [-0.2, -0.15) is 0 Å². The first-order valence-electron chi connectivity index (χ1n) is 19.4. The first kappa shape index (κ1) is 33.0. The third kappa shape index (κ3) is 5.66. The standard InChI is InChI=1S/C52H36N4O/c1-52-33-41(56-46-30-38(34-14-6-2-7-15-34)22-26-42(46)43-27-23-39(31-47(43)56)35-16-8-3-9-17-35)25-29-45(52)44-28-24-40(32-48(44)57-52)51-54-49(36-18-10-4-11-19-36)53-50(55-51)37-20-12-5-13-21-37/h2-32H,33H2,1H3. The molecule has 9 aromatic rings. The number of aromatic nitrogens is 4. The smallest absolute Gasteiger partial charge is 0.164 e. The predicted octanol–water partition coefficient (Wildman–Crippen LogP) is 12.8. The zero-order valence-corrected chi connectivity index (χ0v) is 31.3. The van der Waals surface area contributed by atoms with Crippen LogP contribution in [-0.2, 0) is 0 Å². The van der Waals surface area contributed by atoms with Crippen molar-refractivity contribution in [3.63, 3.8) is 0 Å². The van der Waals surface area contributed by atoms with Gasteiger partial charge in [-0.1, -0.05) is 164 Å². The minimum atomic E-state index is -0.578. The SMILES string of the molecule is CC12CC(n3c4cc(-c5ccccc5)ccc4c4ccc(-c5ccccc5)cc43)=CC=C1c1ccc(-c3nc(-c4ccccc4)nc(-c4ccccc4)n3)cc1O2. The van der Waals surface area contributed by atoms with E-state index < -0.39 is 5.60 Å². The molecular weight excluding hydrogens is 697 g/mol. The Labute approximate surface area is 330 Å². The van der Waals surface area contributed by atoms with Gasteiger partial charge in [0, 0.05) is 50.7 Å². The second kappa shape index (κ2) is 13.1. The molecule has 1 unspecified atom stereocenters. The number of allylic oxidation sites excluding steroid dienone is 2. The largest absolute Gasteiger partial charge is 0.482 e. The molecule has 0 radical (unpaired) electrons. The summed E-state index contributed by atoms with van der Waals surface area (Å²) in [5.74, 6) is 2.71. The van der Waals surface area contributed by atoms with Crippen LogP contribution in [0.1, 0.15) is 18.9 Å². The Balaban J connectivity index is 1.02. The highest BCUT2D eigenvalue weighted by Gasteiger charge is 2.43. The maximum atomic E-state index is 7.04. The molecule has 270 valence electrons. The fourth-order valence-electron chi connectivity index (χ4n) is 8.57. The molecule has 0 amide bonds. The lowest BCUT2D eigenvalue weighted by Crippen LogP contribution is -2.32. The van der Waals surface area contributed by atoms with Crippen LogP contribution in [0.4, 0.5) is 0 Å². The van der Waals surface area contributed by atoms with E-state index in [4.69, 9.17) is 19.7 Å². The summed E-state index contributed by atoms with van der Waals surface area (Å²) in [5, 5.41) is 2.46. The van der Waals surface area contributed by atoms with E-state index in [1.165, 1.54) is 55.3 Å². The molecule has 2 aromatic heterocycles. The van der Waals surface area contributed by atoms with Gasteiger partial charge in [0.15, 0.2) is 17.5 Å². The van der Waals surface area contributed by atoms with Crippen molar-refractivity contribution in [2.75, 3.05) is 0 Å². The van der Waals surface area contributed by atoms with Gasteiger partial charge in [0.05, 0.1) is 11.0 Å². The van der Waals surface area contributed by atoms with E-state index in [0.717, 1.165) is 28.0 Å². The lowest BCUT2D eigenvalue weighted by atomic mass is 9.84. The lowest BCUT2D eigenvalue weighted by Gasteiger charge is -2.31. The second-order valence-corrected chi connectivity index (χ2v) is 15.0. The lowest BCUT2D eigenvalue weighted by molar-refractivity contribution is 0.171. The fraction of sp³-hybridized carbons (Fsp3) is 0.0577. The number of rotatable bonds is 6. The molecule has 0 spiro atoms. The van der Waals surface area contributed by atoms with Gasteiger partial charge in [-0.25, -0.2) is 15.0 Å². The zero-order chi connectivity index (χ0) is 37.9. The number of hydrogen-bond acceptors (Lipinski definition) is 4. The normalized spacial score (nSPS) is 15.8. The molecule has 7 aromatic carbocycles. The van der Waals surface area contributed by atoms with Crippen LogP contribution >= 0.6 is 0 Å². The van der Waals surface area contributed by atoms with Crippen LogP contribution in [-0.4, -0.2) is 25.1 Å². The van der Waals surface area contributed by atoms with Crippen LogP contribution in [0, 0.1) is 0 Å². The summed E-state index contributed by atoms with van der Waals surface area (Å²) in [7, 11) is 0. The molecule has 1 aliphatic heterocycles. The minimum absolute atomic E-state index is 0.578. The Kier molecular flexibility index (Phi) is 7.61. The van der Waals surface area contributed by atoms with Gasteiger partial charge >= 0.3 is 0 Å². The first-order chi connectivity index (χ1) is 28.1. The molecule has 11 rings (SSSR count). The quantitative estimate of drug-likeness (QED) is 0.171. The second-order valence-electron chi connectivity index (χ2n) is 15.0. The van der Waals surface area contributed by atoms with E-state index in [1.807, 2.05) is 60.7 Å². The Hall–Kier alpha value is -7.37. The average molecular weight is 733 g/mol. The molecule has 2 aliphatic rings. The number of hydrogen-bond donors (Lipinski definition) is 0. The molecule has 0 saturated heterocycles. The monoisotopic (exact) mass is 732 g/mol. The Morgan fingerprint density at radius 2 is 0.912 bits per heavy atom. The maximum absolute atomic E-state index is 7.04. The van der Waals surface area contributed by atoms with Crippen LogP contribution in [0.3, 0.4) is 0 Å². The fourth-order valence-corrected chi connectivity index (χ4v) is 8.57. The van der Waals surface area contributed by atoms with E-state index in [2.05, 4.69) is 139 Å². The topological polar surface area (TPSA) is 52.8 Å². The number of fused-ring (bicyclic) bond motifs is 6. The maximum Gasteiger partial charge on any atom is 0.164 e. The average Bonchev–Trinajstić information content (AvgIpc) is 3.77. The van der Waals surface area contributed by atoms with Crippen molar-refractivity contribution < 1.29 is 4.74 Å². The van der Waals surface area contributed by atoms with E-state index >= 15 is 0 Å². The highest BCUT2D eigenvalue weighted by atomic mass is 16.5. The highest BCUT2D eigenvalue weighted by Crippen LogP contribution is 2.51. The first-order valence-corrected chi connectivity index (χ1v) is 19.4. The zero-order valence-electron chi connectivity index (χ0n) is 31.3. The van der Waals surface area contributed by atoms with Crippen molar-refractivity contribution in [1.82, 2.24) is 19.5 Å². The van der Waals surface area contributed by atoms with Gasteiger partial charge in [-0.15, -0.1) is 0 Å². The molecule has 57 heavy (non-hydrogen) atoms. The summed E-state index contributed by atoms with van der Waals surface area (Å²) in [5.41, 5.74) is 12.8. The van der Waals surface area contributed by atoms with Crippen LogP contribution < -0.4 is 4.74 Å².